The van der Waals surface area contributed by atoms with Gasteiger partial charge >= 0.3 is 0 Å². The molecule has 0 spiro atoms. The van der Waals surface area contributed by atoms with Gasteiger partial charge in [-0.3, -0.25) is 4.79 Å². The molecule has 0 aromatic heterocycles. The first-order valence-corrected chi connectivity index (χ1v) is 12.0. The molecule has 1 aliphatic heterocycles. The first-order chi connectivity index (χ1) is 15.4. The fraction of sp³-hybridized carbons (Fsp3) is 0.435. The Morgan fingerprint density at radius 1 is 1.12 bits per heavy atom. The number of nitrogens with one attached hydrogen (secondary N) is 1. The lowest BCUT2D eigenvalue weighted by Crippen LogP contribution is -2.40. The van der Waals surface area contributed by atoms with Crippen LogP contribution in [0, 0.1) is 6.92 Å². The minimum absolute atomic E-state index is 0.0472. The van der Waals surface area contributed by atoms with Crippen molar-refractivity contribution in [3.63, 3.8) is 0 Å². The highest BCUT2D eigenvalue weighted by Gasteiger charge is 2.26. The van der Waals surface area contributed by atoms with Gasteiger partial charge in [0, 0.05) is 19.5 Å². The number of amides is 1. The number of aryl methyl sites for hydroxylation is 2. The summed E-state index contributed by atoms with van der Waals surface area (Å²) < 4.78 is 42.8. The normalized spacial score (nSPS) is 14.7. The van der Waals surface area contributed by atoms with Gasteiger partial charge in [-0.1, -0.05) is 12.1 Å². The summed E-state index contributed by atoms with van der Waals surface area (Å²) in [5.74, 6) is 1.34. The summed E-state index contributed by atoms with van der Waals surface area (Å²) in [5.41, 5.74) is 2.13. The molecule has 2 aromatic rings. The Morgan fingerprint density at radius 3 is 2.50 bits per heavy atom. The number of carbonyl (C=O) groups is 1. The van der Waals surface area contributed by atoms with E-state index >= 15 is 0 Å². The van der Waals surface area contributed by atoms with Gasteiger partial charge in [0.25, 0.3) is 0 Å². The summed E-state index contributed by atoms with van der Waals surface area (Å²) in [6.07, 6.45) is 1.04. The van der Waals surface area contributed by atoms with Gasteiger partial charge in [0.1, 0.15) is 18.1 Å². The molecule has 0 bridgehead atoms. The molecule has 8 nitrogen and oxygen atoms in total. The smallest absolute Gasteiger partial charge is 0.243 e. The Morgan fingerprint density at radius 2 is 1.84 bits per heavy atom. The molecule has 32 heavy (non-hydrogen) atoms. The Bertz CT molecular complexity index is 1000. The summed E-state index contributed by atoms with van der Waals surface area (Å²) in [6, 6.07) is 12.2. The summed E-state index contributed by atoms with van der Waals surface area (Å²) in [5, 5.41) is 2.84. The number of ether oxygens (including phenoxy) is 3. The number of sulfonamides is 1. The van der Waals surface area contributed by atoms with Crippen LogP contribution in [0.4, 0.5) is 0 Å². The zero-order chi connectivity index (χ0) is 23.0. The van der Waals surface area contributed by atoms with Crippen LogP contribution in [0.25, 0.3) is 0 Å². The van der Waals surface area contributed by atoms with Crippen molar-refractivity contribution in [2.24, 2.45) is 0 Å². The van der Waals surface area contributed by atoms with Crippen LogP contribution >= 0.6 is 0 Å². The fourth-order valence-electron chi connectivity index (χ4n) is 3.45. The van der Waals surface area contributed by atoms with Crippen LogP contribution in [0.3, 0.4) is 0 Å². The average molecular weight is 463 g/mol. The molecule has 0 radical (unpaired) electrons. The molecule has 0 aliphatic carbocycles. The highest BCUT2D eigenvalue weighted by atomic mass is 32.2. The van der Waals surface area contributed by atoms with Crippen molar-refractivity contribution < 1.29 is 27.4 Å². The molecule has 0 unspecified atom stereocenters. The zero-order valence-electron chi connectivity index (χ0n) is 18.5. The number of benzene rings is 2. The van der Waals surface area contributed by atoms with Crippen molar-refractivity contribution in [3.8, 4) is 11.5 Å². The standard InChI is InChI=1S/C23H30N2O6S/c1-18-17-19(3-9-22(18)29-2)4-10-23(26)24-11-14-31-20-5-7-21(8-6-20)32(27,28)25-12-15-30-16-13-25/h3,5-9,17H,4,10-16H2,1-2H3,(H,24,26). The third-order valence-electron chi connectivity index (χ3n) is 5.22. The lowest BCUT2D eigenvalue weighted by molar-refractivity contribution is -0.121. The second kappa shape index (κ2) is 11.3. The second-order valence-corrected chi connectivity index (χ2v) is 9.43. The molecule has 2 aromatic carbocycles. The van der Waals surface area contributed by atoms with Crippen LogP contribution in [0.2, 0.25) is 0 Å². The van der Waals surface area contributed by atoms with Crippen LogP contribution in [0.5, 0.6) is 11.5 Å². The zero-order valence-corrected chi connectivity index (χ0v) is 19.3. The van der Waals surface area contributed by atoms with Crippen molar-refractivity contribution in [2.45, 2.75) is 24.7 Å². The maximum absolute atomic E-state index is 12.6. The van der Waals surface area contributed by atoms with E-state index < -0.39 is 10.0 Å². The van der Waals surface area contributed by atoms with Crippen molar-refractivity contribution in [1.29, 1.82) is 0 Å². The maximum atomic E-state index is 12.6. The Kier molecular flexibility index (Phi) is 8.49. The Hall–Kier alpha value is -2.62. The third-order valence-corrected chi connectivity index (χ3v) is 7.14. The molecule has 1 fully saturated rings. The van der Waals surface area contributed by atoms with Crippen LogP contribution in [0.1, 0.15) is 17.5 Å². The van der Waals surface area contributed by atoms with Crippen molar-refractivity contribution in [2.75, 3.05) is 46.6 Å². The summed E-state index contributed by atoms with van der Waals surface area (Å²) in [7, 11) is -1.88. The summed E-state index contributed by atoms with van der Waals surface area (Å²) in [6.45, 7) is 4.18. The van der Waals surface area contributed by atoms with E-state index in [1.165, 1.54) is 16.4 Å². The molecule has 9 heteroatoms. The molecule has 1 amide bonds. The molecule has 1 N–H and O–H groups in total. The van der Waals surface area contributed by atoms with E-state index in [9.17, 15) is 13.2 Å². The highest BCUT2D eigenvalue weighted by Crippen LogP contribution is 2.21. The number of rotatable bonds is 10. The number of carbonyl (C=O) groups excluding carboxylic acids is 1. The number of hydrogen-bond acceptors (Lipinski definition) is 6. The van der Waals surface area contributed by atoms with Crippen molar-refractivity contribution in [3.05, 3.63) is 53.6 Å². The van der Waals surface area contributed by atoms with Crippen molar-refractivity contribution in [1.82, 2.24) is 9.62 Å². The van der Waals surface area contributed by atoms with Gasteiger partial charge < -0.3 is 19.5 Å². The molecular weight excluding hydrogens is 432 g/mol. The Balaban J connectivity index is 1.39. The predicted octanol–water partition coefficient (Wildman–Crippen LogP) is 2.15. The van der Waals surface area contributed by atoms with Gasteiger partial charge in [0.05, 0.1) is 31.8 Å². The van der Waals surface area contributed by atoms with E-state index in [0.29, 0.717) is 58.0 Å². The first-order valence-electron chi connectivity index (χ1n) is 10.6. The van der Waals surface area contributed by atoms with Gasteiger partial charge in [-0.05, 0) is 54.8 Å². The molecule has 0 atom stereocenters. The van der Waals surface area contributed by atoms with Crippen LogP contribution in [0.15, 0.2) is 47.4 Å². The monoisotopic (exact) mass is 462 g/mol. The summed E-state index contributed by atoms with van der Waals surface area (Å²) in [4.78, 5) is 12.3. The average Bonchev–Trinajstić information content (AvgIpc) is 2.81. The van der Waals surface area contributed by atoms with Crippen LogP contribution in [-0.2, 0) is 26.0 Å². The number of methoxy groups -OCH3 is 1. The highest BCUT2D eigenvalue weighted by molar-refractivity contribution is 7.89. The number of nitrogens with zero attached hydrogens (tertiary/aromatic N) is 1. The van der Waals surface area contributed by atoms with Gasteiger partial charge in [-0.2, -0.15) is 4.31 Å². The minimum Gasteiger partial charge on any atom is -0.496 e. The molecule has 1 heterocycles. The van der Waals surface area contributed by atoms with E-state index in [-0.39, 0.29) is 10.8 Å². The molecule has 1 aliphatic rings. The lowest BCUT2D eigenvalue weighted by atomic mass is 10.1. The maximum Gasteiger partial charge on any atom is 0.243 e. The van der Waals surface area contributed by atoms with E-state index in [1.54, 1.807) is 19.2 Å². The molecular formula is C23H30N2O6S. The predicted molar refractivity (Wildman–Crippen MR) is 121 cm³/mol. The Labute approximate surface area is 189 Å². The molecule has 174 valence electrons. The number of morpholine rings is 1. The third kappa shape index (κ3) is 6.44. The lowest BCUT2D eigenvalue weighted by Gasteiger charge is -2.26. The van der Waals surface area contributed by atoms with Crippen LogP contribution in [-0.4, -0.2) is 65.2 Å². The van der Waals surface area contributed by atoms with Crippen LogP contribution < -0.4 is 14.8 Å². The first kappa shape index (κ1) is 24.0. The minimum atomic E-state index is -3.52. The van der Waals surface area contributed by atoms with E-state index in [1.807, 2.05) is 25.1 Å². The second-order valence-electron chi connectivity index (χ2n) is 7.49. The van der Waals surface area contributed by atoms with Gasteiger partial charge in [-0.15, -0.1) is 0 Å². The topological polar surface area (TPSA) is 94.2 Å². The van der Waals surface area contributed by atoms with Crippen molar-refractivity contribution >= 4 is 15.9 Å². The van der Waals surface area contributed by atoms with E-state index in [2.05, 4.69) is 5.32 Å². The summed E-state index contributed by atoms with van der Waals surface area (Å²) >= 11 is 0. The molecule has 0 saturated carbocycles. The van der Waals surface area contributed by atoms with Gasteiger partial charge in [0.2, 0.25) is 15.9 Å². The molecule has 3 rings (SSSR count). The van der Waals surface area contributed by atoms with E-state index in [0.717, 1.165) is 16.9 Å². The quantitative estimate of drug-likeness (QED) is 0.544. The molecule has 1 saturated heterocycles. The SMILES string of the molecule is COc1ccc(CCC(=O)NCCOc2ccc(S(=O)(=O)N3CCOCC3)cc2)cc1C. The fourth-order valence-corrected chi connectivity index (χ4v) is 4.85. The van der Waals surface area contributed by atoms with Gasteiger partial charge in [-0.25, -0.2) is 8.42 Å². The number of hydrogen-bond donors (Lipinski definition) is 1. The van der Waals surface area contributed by atoms with Gasteiger partial charge in [0.15, 0.2) is 0 Å². The largest absolute Gasteiger partial charge is 0.496 e. The van der Waals surface area contributed by atoms with E-state index in [4.69, 9.17) is 14.2 Å².